The third-order valence-electron chi connectivity index (χ3n) is 5.65. The third kappa shape index (κ3) is 5.30. The summed E-state index contributed by atoms with van der Waals surface area (Å²) < 4.78 is 0. The standard InChI is InChI=1S/C20H33N3/c1-18(8-9-19-6-4-3-5-7-19)21-16-20(10-11-20)17-23-14-12-22(2)13-15-23/h3-7,18,21H,8-17H2,1-2H3/t18-/m0/s1. The van der Waals surface area contributed by atoms with Crippen LogP contribution in [0.15, 0.2) is 30.3 Å². The Morgan fingerprint density at radius 1 is 1.09 bits per heavy atom. The van der Waals surface area contributed by atoms with Gasteiger partial charge in [-0.1, -0.05) is 30.3 Å². The highest BCUT2D eigenvalue weighted by Gasteiger charge is 2.43. The number of benzene rings is 1. The van der Waals surface area contributed by atoms with Crippen LogP contribution in [0.2, 0.25) is 0 Å². The Morgan fingerprint density at radius 3 is 2.43 bits per heavy atom. The molecule has 0 amide bonds. The van der Waals surface area contributed by atoms with Gasteiger partial charge in [0, 0.05) is 45.3 Å². The minimum Gasteiger partial charge on any atom is -0.314 e. The Hall–Kier alpha value is -0.900. The van der Waals surface area contributed by atoms with Gasteiger partial charge >= 0.3 is 0 Å². The molecule has 3 nitrogen and oxygen atoms in total. The molecule has 0 radical (unpaired) electrons. The largest absolute Gasteiger partial charge is 0.314 e. The molecule has 0 aromatic heterocycles. The molecule has 3 heteroatoms. The molecule has 1 aliphatic heterocycles. The van der Waals surface area contributed by atoms with Crippen LogP contribution in [-0.4, -0.2) is 62.2 Å². The topological polar surface area (TPSA) is 18.5 Å². The quantitative estimate of drug-likeness (QED) is 0.795. The molecule has 0 unspecified atom stereocenters. The van der Waals surface area contributed by atoms with Crippen molar-refractivity contribution in [2.45, 2.75) is 38.6 Å². The molecule has 0 bridgehead atoms. The minimum atomic E-state index is 0.580. The molecular formula is C20H33N3. The third-order valence-corrected chi connectivity index (χ3v) is 5.65. The van der Waals surface area contributed by atoms with Crippen LogP contribution in [0.5, 0.6) is 0 Å². The van der Waals surface area contributed by atoms with Crippen LogP contribution < -0.4 is 5.32 Å². The van der Waals surface area contributed by atoms with E-state index in [2.05, 4.69) is 59.4 Å². The lowest BCUT2D eigenvalue weighted by atomic mass is 10.0. The van der Waals surface area contributed by atoms with Crippen molar-refractivity contribution in [3.63, 3.8) is 0 Å². The van der Waals surface area contributed by atoms with E-state index in [4.69, 9.17) is 0 Å². The van der Waals surface area contributed by atoms with Crippen LogP contribution in [0.4, 0.5) is 0 Å². The van der Waals surface area contributed by atoms with Gasteiger partial charge in [0.05, 0.1) is 0 Å². The fourth-order valence-electron chi connectivity index (χ4n) is 3.57. The van der Waals surface area contributed by atoms with Crippen molar-refractivity contribution < 1.29 is 0 Å². The first kappa shape index (κ1) is 16.9. The highest BCUT2D eigenvalue weighted by molar-refractivity contribution is 5.14. The van der Waals surface area contributed by atoms with Crippen LogP contribution in [0.1, 0.15) is 31.7 Å². The number of hydrogen-bond acceptors (Lipinski definition) is 3. The van der Waals surface area contributed by atoms with E-state index in [1.54, 1.807) is 0 Å². The molecule has 1 aliphatic carbocycles. The summed E-state index contributed by atoms with van der Waals surface area (Å²) in [6.07, 6.45) is 5.24. The van der Waals surface area contributed by atoms with Gasteiger partial charge in [0.25, 0.3) is 0 Å². The van der Waals surface area contributed by atoms with E-state index in [9.17, 15) is 0 Å². The van der Waals surface area contributed by atoms with Gasteiger partial charge in [-0.25, -0.2) is 0 Å². The number of aryl methyl sites for hydroxylation is 1. The molecule has 2 fully saturated rings. The van der Waals surface area contributed by atoms with Crippen LogP contribution >= 0.6 is 0 Å². The van der Waals surface area contributed by atoms with E-state index in [1.807, 2.05) is 0 Å². The second-order valence-corrected chi connectivity index (χ2v) is 7.89. The molecule has 1 aromatic rings. The van der Waals surface area contributed by atoms with Crippen molar-refractivity contribution in [3.05, 3.63) is 35.9 Å². The second-order valence-electron chi connectivity index (χ2n) is 7.89. The van der Waals surface area contributed by atoms with Gasteiger partial charge in [0.2, 0.25) is 0 Å². The zero-order chi connectivity index (χ0) is 16.1. The van der Waals surface area contributed by atoms with Gasteiger partial charge < -0.3 is 15.1 Å². The molecule has 0 spiro atoms. The highest BCUT2D eigenvalue weighted by atomic mass is 15.3. The summed E-state index contributed by atoms with van der Waals surface area (Å²) in [6.45, 7) is 9.82. The van der Waals surface area contributed by atoms with E-state index in [1.165, 1.54) is 70.5 Å². The predicted octanol–water partition coefficient (Wildman–Crippen LogP) is 2.62. The fourth-order valence-corrected chi connectivity index (χ4v) is 3.57. The average molecular weight is 316 g/mol. The Kier molecular flexibility index (Phi) is 5.73. The summed E-state index contributed by atoms with van der Waals surface area (Å²) >= 11 is 0. The van der Waals surface area contributed by atoms with Crippen molar-refractivity contribution in [1.29, 1.82) is 0 Å². The molecule has 1 aromatic carbocycles. The van der Waals surface area contributed by atoms with E-state index in [0.29, 0.717) is 11.5 Å². The number of nitrogens with zero attached hydrogens (tertiary/aromatic N) is 2. The summed E-state index contributed by atoms with van der Waals surface area (Å²) in [6, 6.07) is 11.5. The summed E-state index contributed by atoms with van der Waals surface area (Å²) in [5, 5.41) is 3.82. The molecule has 1 saturated heterocycles. The Balaban J connectivity index is 1.36. The number of likely N-dealkylation sites (N-methyl/N-ethyl adjacent to an activating group) is 1. The van der Waals surface area contributed by atoms with Crippen molar-refractivity contribution in [1.82, 2.24) is 15.1 Å². The predicted molar refractivity (Wildman–Crippen MR) is 97.8 cm³/mol. The molecule has 1 atom stereocenters. The molecule has 128 valence electrons. The maximum atomic E-state index is 3.82. The smallest absolute Gasteiger partial charge is 0.0110 e. The van der Waals surface area contributed by atoms with Gasteiger partial charge in [-0.2, -0.15) is 0 Å². The Morgan fingerprint density at radius 2 is 1.78 bits per heavy atom. The Bertz CT molecular complexity index is 461. The van der Waals surface area contributed by atoms with Crippen molar-refractivity contribution in [2.24, 2.45) is 5.41 Å². The lowest BCUT2D eigenvalue weighted by Gasteiger charge is -2.35. The summed E-state index contributed by atoms with van der Waals surface area (Å²) in [7, 11) is 2.24. The number of nitrogens with one attached hydrogen (secondary N) is 1. The van der Waals surface area contributed by atoms with Gasteiger partial charge in [0.15, 0.2) is 0 Å². The molecule has 23 heavy (non-hydrogen) atoms. The maximum Gasteiger partial charge on any atom is 0.0110 e. The average Bonchev–Trinajstić information content (AvgIpc) is 3.34. The van der Waals surface area contributed by atoms with Crippen LogP contribution in [-0.2, 0) is 6.42 Å². The SMILES string of the molecule is C[C@@H](CCc1ccccc1)NCC1(CN2CCN(C)CC2)CC1. The maximum absolute atomic E-state index is 3.82. The summed E-state index contributed by atoms with van der Waals surface area (Å²) in [4.78, 5) is 5.13. The monoisotopic (exact) mass is 315 g/mol. The first-order chi connectivity index (χ1) is 11.2. The van der Waals surface area contributed by atoms with Crippen molar-refractivity contribution >= 4 is 0 Å². The first-order valence-corrected chi connectivity index (χ1v) is 9.33. The van der Waals surface area contributed by atoms with Crippen molar-refractivity contribution in [3.8, 4) is 0 Å². The minimum absolute atomic E-state index is 0.580. The fraction of sp³-hybridized carbons (Fsp3) is 0.700. The van der Waals surface area contributed by atoms with E-state index < -0.39 is 0 Å². The zero-order valence-electron chi connectivity index (χ0n) is 14.9. The van der Waals surface area contributed by atoms with E-state index in [-0.39, 0.29) is 0 Å². The number of piperazine rings is 1. The summed E-state index contributed by atoms with van der Waals surface area (Å²) in [5.41, 5.74) is 2.04. The molecule has 2 aliphatic rings. The zero-order valence-corrected chi connectivity index (χ0v) is 14.9. The number of rotatable bonds is 8. The van der Waals surface area contributed by atoms with Crippen LogP contribution in [0, 0.1) is 5.41 Å². The normalized spacial score (nSPS) is 22.9. The van der Waals surface area contributed by atoms with Gasteiger partial charge in [-0.3, -0.25) is 0 Å². The highest BCUT2D eigenvalue weighted by Crippen LogP contribution is 2.45. The summed E-state index contributed by atoms with van der Waals surface area (Å²) in [5.74, 6) is 0. The van der Waals surface area contributed by atoms with Gasteiger partial charge in [-0.15, -0.1) is 0 Å². The lowest BCUT2D eigenvalue weighted by Crippen LogP contribution is -2.48. The molecule has 3 rings (SSSR count). The van der Waals surface area contributed by atoms with E-state index >= 15 is 0 Å². The second kappa shape index (κ2) is 7.78. The Labute approximate surface area is 142 Å². The van der Waals surface area contributed by atoms with Crippen molar-refractivity contribution in [2.75, 3.05) is 46.3 Å². The molecule has 1 heterocycles. The van der Waals surface area contributed by atoms with Gasteiger partial charge in [0.1, 0.15) is 0 Å². The first-order valence-electron chi connectivity index (χ1n) is 9.33. The van der Waals surface area contributed by atoms with E-state index in [0.717, 1.165) is 0 Å². The molecule has 1 saturated carbocycles. The number of hydrogen-bond donors (Lipinski definition) is 1. The van der Waals surface area contributed by atoms with Gasteiger partial charge in [-0.05, 0) is 50.6 Å². The molecular weight excluding hydrogens is 282 g/mol. The lowest BCUT2D eigenvalue weighted by molar-refractivity contribution is 0.129. The van der Waals surface area contributed by atoms with Crippen LogP contribution in [0.3, 0.4) is 0 Å². The van der Waals surface area contributed by atoms with Crippen LogP contribution in [0.25, 0.3) is 0 Å². The molecule has 1 N–H and O–H groups in total.